The number of anilines is 1. The first-order valence-electron chi connectivity index (χ1n) is 6.81. The zero-order valence-corrected chi connectivity index (χ0v) is 11.1. The minimum Gasteiger partial charge on any atom is -0.356 e. The second-order valence-electron chi connectivity index (χ2n) is 4.77. The van der Waals surface area contributed by atoms with Crippen LogP contribution in [0.15, 0.2) is 6.33 Å². The van der Waals surface area contributed by atoms with E-state index in [0.717, 1.165) is 38.1 Å². The molecule has 0 saturated heterocycles. The van der Waals surface area contributed by atoms with E-state index < -0.39 is 0 Å². The van der Waals surface area contributed by atoms with Gasteiger partial charge in [0.05, 0.1) is 5.69 Å². The highest BCUT2D eigenvalue weighted by molar-refractivity contribution is 5.56. The Morgan fingerprint density at radius 2 is 2.22 bits per heavy atom. The van der Waals surface area contributed by atoms with E-state index in [1.54, 1.807) is 6.33 Å². The van der Waals surface area contributed by atoms with Crippen LogP contribution in [-0.2, 0) is 12.8 Å². The second-order valence-corrected chi connectivity index (χ2v) is 4.77. The largest absolute Gasteiger partial charge is 0.356 e. The molecule has 2 aromatic heterocycles. The lowest BCUT2D eigenvalue weighted by Gasteiger charge is -2.25. The normalized spacial score (nSPS) is 14.1. The van der Waals surface area contributed by atoms with Gasteiger partial charge in [0.15, 0.2) is 0 Å². The highest BCUT2D eigenvalue weighted by atomic mass is 15.4. The van der Waals surface area contributed by atoms with Gasteiger partial charge in [0.2, 0.25) is 0 Å². The number of nitrogens with zero attached hydrogens (tertiary/aromatic N) is 5. The first-order chi connectivity index (χ1) is 8.85. The monoisotopic (exact) mass is 245 g/mol. The molecule has 2 aromatic rings. The van der Waals surface area contributed by atoms with Crippen molar-refractivity contribution in [2.75, 3.05) is 18.0 Å². The van der Waals surface area contributed by atoms with Crippen molar-refractivity contribution in [1.82, 2.24) is 19.6 Å². The molecule has 0 aromatic carbocycles. The van der Waals surface area contributed by atoms with Gasteiger partial charge in [0.1, 0.15) is 12.1 Å². The maximum Gasteiger partial charge on any atom is 0.254 e. The summed E-state index contributed by atoms with van der Waals surface area (Å²) >= 11 is 0. The Hall–Kier alpha value is -1.65. The molecule has 5 heteroatoms. The average molecular weight is 245 g/mol. The third-order valence-corrected chi connectivity index (χ3v) is 3.60. The summed E-state index contributed by atoms with van der Waals surface area (Å²) in [5.74, 6) is 1.95. The fourth-order valence-corrected chi connectivity index (χ4v) is 2.81. The van der Waals surface area contributed by atoms with E-state index in [0.29, 0.717) is 0 Å². The van der Waals surface area contributed by atoms with Crippen molar-refractivity contribution >= 4 is 11.6 Å². The van der Waals surface area contributed by atoms with Crippen molar-refractivity contribution in [2.45, 2.75) is 39.5 Å². The molecule has 0 N–H and O–H groups in total. The van der Waals surface area contributed by atoms with Gasteiger partial charge in [-0.15, -0.1) is 0 Å². The molecule has 0 saturated carbocycles. The topological polar surface area (TPSA) is 46.3 Å². The van der Waals surface area contributed by atoms with E-state index in [1.165, 1.54) is 23.5 Å². The lowest BCUT2D eigenvalue weighted by atomic mass is 10.2. The third-order valence-electron chi connectivity index (χ3n) is 3.60. The Balaban J connectivity index is 2.21. The van der Waals surface area contributed by atoms with Gasteiger partial charge in [-0.05, 0) is 32.6 Å². The van der Waals surface area contributed by atoms with E-state index in [9.17, 15) is 0 Å². The molecular formula is C13H19N5. The molecule has 96 valence electrons. The van der Waals surface area contributed by atoms with Crippen molar-refractivity contribution in [3.8, 4) is 0 Å². The minimum absolute atomic E-state index is 0.736. The molecule has 1 aliphatic carbocycles. The highest BCUT2D eigenvalue weighted by Crippen LogP contribution is 2.30. The zero-order chi connectivity index (χ0) is 12.5. The molecule has 0 amide bonds. The van der Waals surface area contributed by atoms with Crippen LogP contribution < -0.4 is 4.90 Å². The van der Waals surface area contributed by atoms with Crippen molar-refractivity contribution in [2.24, 2.45) is 0 Å². The molecular weight excluding hydrogens is 226 g/mol. The predicted molar refractivity (Wildman–Crippen MR) is 71.0 cm³/mol. The molecule has 2 heterocycles. The summed E-state index contributed by atoms with van der Waals surface area (Å²) in [6.45, 7) is 6.46. The number of hydrogen-bond acceptors (Lipinski definition) is 4. The summed E-state index contributed by atoms with van der Waals surface area (Å²) in [4.78, 5) is 11.3. The maximum absolute atomic E-state index is 4.62. The number of hydrogen-bond donors (Lipinski definition) is 0. The van der Waals surface area contributed by atoms with Crippen molar-refractivity contribution < 1.29 is 0 Å². The summed E-state index contributed by atoms with van der Waals surface area (Å²) in [6.07, 6.45) is 6.14. The standard InChI is InChI=1S/C13H19N5/c1-3-8-17(4-2)12-10-6-5-7-11(10)16-13-14-9-15-18(12)13/h9H,3-8H2,1-2H3. The van der Waals surface area contributed by atoms with Gasteiger partial charge in [-0.3, -0.25) is 0 Å². The van der Waals surface area contributed by atoms with Crippen molar-refractivity contribution in [3.63, 3.8) is 0 Å². The molecule has 0 radical (unpaired) electrons. The first kappa shape index (κ1) is 11.4. The minimum atomic E-state index is 0.736. The van der Waals surface area contributed by atoms with Crippen LogP contribution in [0.2, 0.25) is 0 Å². The summed E-state index contributed by atoms with van der Waals surface area (Å²) in [5, 5.41) is 4.35. The Labute approximate surface area is 107 Å². The van der Waals surface area contributed by atoms with Gasteiger partial charge < -0.3 is 4.90 Å². The van der Waals surface area contributed by atoms with Gasteiger partial charge in [-0.25, -0.2) is 4.98 Å². The molecule has 18 heavy (non-hydrogen) atoms. The Morgan fingerprint density at radius 3 is 3.00 bits per heavy atom. The molecule has 0 fully saturated rings. The molecule has 0 spiro atoms. The third kappa shape index (κ3) is 1.65. The first-order valence-corrected chi connectivity index (χ1v) is 6.81. The average Bonchev–Trinajstić information content (AvgIpc) is 3.01. The van der Waals surface area contributed by atoms with E-state index in [-0.39, 0.29) is 0 Å². The second kappa shape index (κ2) is 4.55. The molecule has 3 rings (SSSR count). The zero-order valence-electron chi connectivity index (χ0n) is 11.1. The molecule has 0 unspecified atom stereocenters. The van der Waals surface area contributed by atoms with Crippen molar-refractivity contribution in [3.05, 3.63) is 17.6 Å². The molecule has 0 aliphatic heterocycles. The van der Waals surface area contributed by atoms with Crippen LogP contribution in [0.5, 0.6) is 0 Å². The van der Waals surface area contributed by atoms with Crippen LogP contribution in [0.25, 0.3) is 5.78 Å². The SMILES string of the molecule is CCCN(CC)c1c2c(nc3ncnn13)CCC2. The number of aryl methyl sites for hydroxylation is 1. The summed E-state index contributed by atoms with van der Waals surface area (Å²) in [5.41, 5.74) is 2.60. The maximum atomic E-state index is 4.62. The Morgan fingerprint density at radius 1 is 1.33 bits per heavy atom. The van der Waals surface area contributed by atoms with Crippen molar-refractivity contribution in [1.29, 1.82) is 0 Å². The summed E-state index contributed by atoms with van der Waals surface area (Å²) < 4.78 is 1.91. The fraction of sp³-hybridized carbons (Fsp3) is 0.615. The van der Waals surface area contributed by atoms with E-state index in [4.69, 9.17) is 0 Å². The molecule has 0 atom stereocenters. The van der Waals surface area contributed by atoms with Crippen LogP contribution in [-0.4, -0.2) is 32.7 Å². The van der Waals surface area contributed by atoms with Crippen LogP contribution in [0, 0.1) is 0 Å². The molecule has 5 nitrogen and oxygen atoms in total. The van der Waals surface area contributed by atoms with Crippen LogP contribution in [0.4, 0.5) is 5.82 Å². The van der Waals surface area contributed by atoms with E-state index in [2.05, 4.69) is 33.8 Å². The lowest BCUT2D eigenvalue weighted by molar-refractivity contribution is 0.743. The summed E-state index contributed by atoms with van der Waals surface area (Å²) in [6, 6.07) is 0. The van der Waals surface area contributed by atoms with Crippen LogP contribution >= 0.6 is 0 Å². The van der Waals surface area contributed by atoms with Gasteiger partial charge in [-0.2, -0.15) is 14.6 Å². The molecule has 1 aliphatic rings. The Kier molecular flexibility index (Phi) is 2.89. The van der Waals surface area contributed by atoms with Crippen LogP contribution in [0.3, 0.4) is 0 Å². The molecule has 0 bridgehead atoms. The van der Waals surface area contributed by atoms with Crippen LogP contribution in [0.1, 0.15) is 37.9 Å². The van der Waals surface area contributed by atoms with E-state index in [1.807, 2.05) is 4.52 Å². The van der Waals surface area contributed by atoms with E-state index >= 15 is 0 Å². The quantitative estimate of drug-likeness (QED) is 0.824. The Bertz CT molecular complexity index is 560. The van der Waals surface area contributed by atoms with Gasteiger partial charge in [-0.1, -0.05) is 6.92 Å². The number of rotatable bonds is 4. The fourth-order valence-electron chi connectivity index (χ4n) is 2.81. The highest BCUT2D eigenvalue weighted by Gasteiger charge is 2.23. The number of fused-ring (bicyclic) bond motifs is 2. The van der Waals surface area contributed by atoms with Gasteiger partial charge >= 0.3 is 0 Å². The van der Waals surface area contributed by atoms with Gasteiger partial charge in [0.25, 0.3) is 5.78 Å². The smallest absolute Gasteiger partial charge is 0.254 e. The van der Waals surface area contributed by atoms with Gasteiger partial charge in [0, 0.05) is 18.7 Å². The summed E-state index contributed by atoms with van der Waals surface area (Å²) in [7, 11) is 0. The lowest BCUT2D eigenvalue weighted by Crippen LogP contribution is -2.27. The predicted octanol–water partition coefficient (Wildman–Crippen LogP) is 1.85. The number of aromatic nitrogens is 4.